The van der Waals surface area contributed by atoms with Crippen LogP contribution >= 0.6 is 12.2 Å². The summed E-state index contributed by atoms with van der Waals surface area (Å²) < 4.78 is 2.47. The Balaban J connectivity index is 1.40. The molecular formula is C27H31N5OS. The molecule has 2 aliphatic rings. The van der Waals surface area contributed by atoms with Gasteiger partial charge in [0.1, 0.15) is 0 Å². The van der Waals surface area contributed by atoms with Crippen LogP contribution in [0.3, 0.4) is 0 Å². The fraction of sp³-hybridized carbons (Fsp3) is 0.370. The third-order valence-corrected chi connectivity index (χ3v) is 7.22. The highest BCUT2D eigenvalue weighted by Crippen LogP contribution is 2.44. The molecule has 0 spiro atoms. The molecule has 1 aromatic carbocycles. The lowest BCUT2D eigenvalue weighted by Crippen LogP contribution is -2.32. The van der Waals surface area contributed by atoms with E-state index in [0.717, 1.165) is 11.4 Å². The summed E-state index contributed by atoms with van der Waals surface area (Å²) >= 11 is 5.79. The molecule has 2 atom stereocenters. The first-order chi connectivity index (χ1) is 16.4. The van der Waals surface area contributed by atoms with Crippen molar-refractivity contribution in [3.63, 3.8) is 0 Å². The lowest BCUT2D eigenvalue weighted by atomic mass is 9.96. The fourth-order valence-electron chi connectivity index (χ4n) is 5.06. The second-order valence-electron chi connectivity index (χ2n) is 9.41. The summed E-state index contributed by atoms with van der Waals surface area (Å²) in [4.78, 5) is 19.6. The quantitative estimate of drug-likeness (QED) is 0.465. The number of aromatic nitrogens is 2. The number of carbonyl (C=O) groups is 1. The van der Waals surface area contributed by atoms with E-state index in [-0.39, 0.29) is 18.0 Å². The first-order valence-electron chi connectivity index (χ1n) is 12.0. The van der Waals surface area contributed by atoms with E-state index in [0.29, 0.717) is 24.1 Å². The second kappa shape index (κ2) is 9.22. The van der Waals surface area contributed by atoms with Crippen molar-refractivity contribution in [2.75, 3.05) is 11.9 Å². The highest BCUT2D eigenvalue weighted by atomic mass is 32.1. The molecule has 7 heteroatoms. The van der Waals surface area contributed by atoms with Crippen molar-refractivity contribution < 1.29 is 4.79 Å². The molecule has 34 heavy (non-hydrogen) atoms. The summed E-state index contributed by atoms with van der Waals surface area (Å²) in [5.74, 6) is -0.0184. The van der Waals surface area contributed by atoms with E-state index in [4.69, 9.17) is 12.2 Å². The molecule has 0 bridgehead atoms. The van der Waals surface area contributed by atoms with Crippen LogP contribution in [-0.2, 0) is 4.79 Å². The van der Waals surface area contributed by atoms with Gasteiger partial charge >= 0.3 is 0 Å². The van der Waals surface area contributed by atoms with Crippen LogP contribution in [0, 0.1) is 20.8 Å². The number of benzene rings is 1. The molecule has 1 saturated carbocycles. The van der Waals surface area contributed by atoms with Gasteiger partial charge < -0.3 is 20.1 Å². The van der Waals surface area contributed by atoms with Crippen molar-refractivity contribution in [2.24, 2.45) is 0 Å². The van der Waals surface area contributed by atoms with E-state index in [9.17, 15) is 4.79 Å². The minimum atomic E-state index is -0.0676. The molecule has 0 unspecified atom stereocenters. The Kier molecular flexibility index (Phi) is 6.13. The minimum Gasteiger partial charge on any atom is -0.352 e. The van der Waals surface area contributed by atoms with Gasteiger partial charge in [0.25, 0.3) is 0 Å². The number of pyridine rings is 1. The van der Waals surface area contributed by atoms with E-state index in [1.807, 2.05) is 55.6 Å². The van der Waals surface area contributed by atoms with Crippen molar-refractivity contribution in [1.29, 1.82) is 0 Å². The zero-order valence-electron chi connectivity index (χ0n) is 19.9. The molecule has 2 fully saturated rings. The van der Waals surface area contributed by atoms with Crippen LogP contribution < -0.4 is 10.6 Å². The van der Waals surface area contributed by atoms with E-state index in [1.165, 1.54) is 35.4 Å². The van der Waals surface area contributed by atoms with Crippen LogP contribution in [-0.4, -0.2) is 32.0 Å². The first-order valence-corrected chi connectivity index (χ1v) is 12.4. The monoisotopic (exact) mass is 473 g/mol. The van der Waals surface area contributed by atoms with Crippen LogP contribution in [0.4, 0.5) is 5.69 Å². The van der Waals surface area contributed by atoms with Gasteiger partial charge in [-0.2, -0.15) is 0 Å². The van der Waals surface area contributed by atoms with Gasteiger partial charge in [0.15, 0.2) is 5.11 Å². The first kappa shape index (κ1) is 22.6. The molecule has 0 radical (unpaired) electrons. The fourth-order valence-corrected chi connectivity index (χ4v) is 5.40. The number of nitrogens with one attached hydrogen (secondary N) is 2. The molecule has 1 saturated heterocycles. The third kappa shape index (κ3) is 4.44. The number of thiocarbonyl (C=S) groups is 1. The molecule has 5 rings (SSSR count). The van der Waals surface area contributed by atoms with Crippen molar-refractivity contribution in [1.82, 2.24) is 19.8 Å². The lowest BCUT2D eigenvalue weighted by Gasteiger charge is -2.28. The van der Waals surface area contributed by atoms with Crippen molar-refractivity contribution >= 4 is 28.9 Å². The van der Waals surface area contributed by atoms with Gasteiger partial charge in [0.05, 0.1) is 17.8 Å². The van der Waals surface area contributed by atoms with E-state index in [1.54, 1.807) is 0 Å². The number of amides is 1. The number of aryl methyl sites for hydroxylation is 2. The maximum atomic E-state index is 12.8. The zero-order chi connectivity index (χ0) is 23.8. The Morgan fingerprint density at radius 1 is 1.15 bits per heavy atom. The average molecular weight is 474 g/mol. The Hall–Kier alpha value is -3.19. The largest absolute Gasteiger partial charge is 0.352 e. The van der Waals surface area contributed by atoms with E-state index in [2.05, 4.69) is 45.0 Å². The van der Waals surface area contributed by atoms with Crippen molar-refractivity contribution in [3.05, 3.63) is 82.9 Å². The van der Waals surface area contributed by atoms with Crippen LogP contribution in [0.15, 0.2) is 54.7 Å². The summed E-state index contributed by atoms with van der Waals surface area (Å²) in [6.45, 7) is 6.96. The van der Waals surface area contributed by atoms with E-state index >= 15 is 0 Å². The SMILES string of the molecule is Cc1ccc(NC(=O)CCN2C(=S)N[C@H](c3ccccn3)[C@H]2c2cc(C)n(C3CC3)c2C)cc1. The number of anilines is 1. The Morgan fingerprint density at radius 3 is 2.59 bits per heavy atom. The number of hydrogen-bond donors (Lipinski definition) is 2. The standard InChI is InChI=1S/C27H31N5OS/c1-17-7-9-20(10-8-17)29-24(33)13-15-31-26(22-16-18(2)32(19(22)3)21-11-12-21)25(30-27(31)34)23-6-4-5-14-28-23/h4-10,14,16,21,25-26H,11-13,15H2,1-3H3,(H,29,33)(H,30,34)/t25-,26-/m1/s1. The Bertz CT molecular complexity index is 1200. The summed E-state index contributed by atoms with van der Waals surface area (Å²) in [5, 5.41) is 7.18. The van der Waals surface area contributed by atoms with Gasteiger partial charge in [-0.1, -0.05) is 23.8 Å². The van der Waals surface area contributed by atoms with Crippen LogP contribution in [0.2, 0.25) is 0 Å². The molecule has 1 aliphatic carbocycles. The third-order valence-electron chi connectivity index (χ3n) is 6.87. The Labute approximate surface area is 206 Å². The van der Waals surface area contributed by atoms with Gasteiger partial charge in [-0.25, -0.2) is 0 Å². The minimum absolute atomic E-state index is 0.0184. The van der Waals surface area contributed by atoms with E-state index < -0.39 is 0 Å². The predicted octanol–water partition coefficient (Wildman–Crippen LogP) is 5.14. The maximum absolute atomic E-state index is 12.8. The number of nitrogens with zero attached hydrogens (tertiary/aromatic N) is 3. The maximum Gasteiger partial charge on any atom is 0.226 e. The number of rotatable bonds is 7. The van der Waals surface area contributed by atoms with Crippen LogP contribution in [0.25, 0.3) is 0 Å². The van der Waals surface area contributed by atoms with Gasteiger partial charge in [0, 0.05) is 42.3 Å². The second-order valence-corrected chi connectivity index (χ2v) is 9.80. The molecule has 1 amide bonds. The summed E-state index contributed by atoms with van der Waals surface area (Å²) in [6.07, 6.45) is 4.65. The molecule has 6 nitrogen and oxygen atoms in total. The molecule has 176 valence electrons. The normalized spacial score (nSPS) is 19.9. The van der Waals surface area contributed by atoms with Gasteiger partial charge in [-0.3, -0.25) is 9.78 Å². The highest BCUT2D eigenvalue weighted by Gasteiger charge is 2.42. The molecular weight excluding hydrogens is 442 g/mol. The Morgan fingerprint density at radius 2 is 1.91 bits per heavy atom. The summed E-state index contributed by atoms with van der Waals surface area (Å²) in [5.41, 5.74) is 6.76. The zero-order valence-corrected chi connectivity index (χ0v) is 20.7. The number of hydrogen-bond acceptors (Lipinski definition) is 3. The van der Waals surface area contributed by atoms with Crippen LogP contribution in [0.5, 0.6) is 0 Å². The smallest absolute Gasteiger partial charge is 0.226 e. The summed E-state index contributed by atoms with van der Waals surface area (Å²) in [6, 6.07) is 16.7. The van der Waals surface area contributed by atoms with Crippen molar-refractivity contribution in [2.45, 2.75) is 58.2 Å². The molecule has 3 heterocycles. The number of carbonyl (C=O) groups excluding carboxylic acids is 1. The van der Waals surface area contributed by atoms with Gasteiger partial charge in [-0.05, 0) is 81.7 Å². The molecule has 1 aliphatic heterocycles. The summed E-state index contributed by atoms with van der Waals surface area (Å²) in [7, 11) is 0. The highest BCUT2D eigenvalue weighted by molar-refractivity contribution is 7.80. The molecule has 2 N–H and O–H groups in total. The van der Waals surface area contributed by atoms with Crippen molar-refractivity contribution in [3.8, 4) is 0 Å². The lowest BCUT2D eigenvalue weighted by molar-refractivity contribution is -0.116. The topological polar surface area (TPSA) is 62.2 Å². The molecule has 2 aromatic heterocycles. The molecule has 3 aromatic rings. The average Bonchev–Trinajstić information content (AvgIpc) is 3.54. The van der Waals surface area contributed by atoms with Gasteiger partial charge in [-0.15, -0.1) is 0 Å². The van der Waals surface area contributed by atoms with Gasteiger partial charge in [0.2, 0.25) is 5.91 Å². The predicted molar refractivity (Wildman–Crippen MR) is 139 cm³/mol. The van der Waals surface area contributed by atoms with Crippen LogP contribution in [0.1, 0.15) is 65.6 Å².